The van der Waals surface area contributed by atoms with Gasteiger partial charge in [-0.1, -0.05) is 30.3 Å². The molecule has 33 heavy (non-hydrogen) atoms. The Balaban J connectivity index is 1.27. The third-order valence-corrected chi connectivity index (χ3v) is 7.54. The molecule has 3 aliphatic rings. The van der Waals surface area contributed by atoms with Crippen LogP contribution in [0.1, 0.15) is 43.4 Å². The van der Waals surface area contributed by atoms with E-state index in [-0.39, 0.29) is 23.8 Å². The summed E-state index contributed by atoms with van der Waals surface area (Å²) in [6.07, 6.45) is 3.42. The zero-order valence-electron chi connectivity index (χ0n) is 19.2. The average molecular weight is 449 g/mol. The van der Waals surface area contributed by atoms with E-state index in [0.717, 1.165) is 56.7 Å². The second kappa shape index (κ2) is 9.14. The quantitative estimate of drug-likeness (QED) is 0.780. The van der Waals surface area contributed by atoms with Crippen LogP contribution in [0.15, 0.2) is 47.3 Å². The fourth-order valence-electron chi connectivity index (χ4n) is 5.90. The number of hydrogen-bond acceptors (Lipinski definition) is 4. The summed E-state index contributed by atoms with van der Waals surface area (Å²) in [5.41, 5.74) is 2.29. The Kier molecular flexibility index (Phi) is 6.06. The molecule has 7 nitrogen and oxygen atoms in total. The number of benzene rings is 1. The van der Waals surface area contributed by atoms with E-state index in [2.05, 4.69) is 10.2 Å². The summed E-state index contributed by atoms with van der Waals surface area (Å²) in [7, 11) is 0. The summed E-state index contributed by atoms with van der Waals surface area (Å²) in [6, 6.07) is 13.9. The molecule has 1 aromatic heterocycles. The molecule has 3 aliphatic heterocycles. The Morgan fingerprint density at radius 2 is 1.76 bits per heavy atom. The normalized spacial score (nSPS) is 23.1. The summed E-state index contributed by atoms with van der Waals surface area (Å²) < 4.78 is 1.90. The van der Waals surface area contributed by atoms with Crippen molar-refractivity contribution < 1.29 is 9.59 Å². The van der Waals surface area contributed by atoms with Crippen molar-refractivity contribution >= 4 is 17.5 Å². The standard InChI is InChI=1S/C26H32N4O3/c1-18(31)28-11-9-22(10-12-28)29-15-20-13-21(17-29)24-8-7-23(26(33)30(24)16-20)27-25(32)14-19-5-3-2-4-6-19/h2-8,20-22H,9-17H2,1H3,(H,27,32)/t20-,21-/m1/s1. The number of anilines is 1. The highest BCUT2D eigenvalue weighted by Crippen LogP contribution is 2.37. The van der Waals surface area contributed by atoms with Gasteiger partial charge in [0, 0.05) is 57.3 Å². The first-order valence-electron chi connectivity index (χ1n) is 12.0. The van der Waals surface area contributed by atoms with Gasteiger partial charge in [0.05, 0.1) is 6.42 Å². The Morgan fingerprint density at radius 1 is 1.00 bits per heavy atom. The van der Waals surface area contributed by atoms with Crippen LogP contribution in [-0.2, 0) is 22.6 Å². The van der Waals surface area contributed by atoms with Crippen LogP contribution in [0.25, 0.3) is 0 Å². The molecule has 2 amide bonds. The summed E-state index contributed by atoms with van der Waals surface area (Å²) in [4.78, 5) is 41.9. The van der Waals surface area contributed by atoms with Gasteiger partial charge in [0.2, 0.25) is 11.8 Å². The molecule has 5 rings (SSSR count). The SMILES string of the molecule is CC(=O)N1CCC(N2C[C@H]3C[C@H](C2)c2ccc(NC(=O)Cc4ccccc4)c(=O)n2C3)CC1. The van der Waals surface area contributed by atoms with Crippen LogP contribution in [0.5, 0.6) is 0 Å². The van der Waals surface area contributed by atoms with Gasteiger partial charge in [0.25, 0.3) is 5.56 Å². The van der Waals surface area contributed by atoms with Gasteiger partial charge in [-0.2, -0.15) is 0 Å². The Bertz CT molecular complexity index is 1090. The number of likely N-dealkylation sites (tertiary alicyclic amines) is 2. The molecule has 2 saturated heterocycles. The molecule has 1 N–H and O–H groups in total. The van der Waals surface area contributed by atoms with Gasteiger partial charge in [0.15, 0.2) is 0 Å². The lowest BCUT2D eigenvalue weighted by Crippen LogP contribution is -2.53. The van der Waals surface area contributed by atoms with E-state index in [0.29, 0.717) is 30.1 Å². The van der Waals surface area contributed by atoms with Gasteiger partial charge in [-0.05, 0) is 42.9 Å². The molecule has 0 radical (unpaired) electrons. The molecule has 2 fully saturated rings. The van der Waals surface area contributed by atoms with E-state index < -0.39 is 0 Å². The van der Waals surface area contributed by atoms with Crippen LogP contribution in [0.2, 0.25) is 0 Å². The van der Waals surface area contributed by atoms with Crippen molar-refractivity contribution in [1.82, 2.24) is 14.4 Å². The summed E-state index contributed by atoms with van der Waals surface area (Å²) >= 11 is 0. The number of fused-ring (bicyclic) bond motifs is 4. The highest BCUT2D eigenvalue weighted by molar-refractivity contribution is 5.92. The van der Waals surface area contributed by atoms with Crippen LogP contribution < -0.4 is 10.9 Å². The zero-order valence-corrected chi connectivity index (χ0v) is 19.2. The number of aromatic nitrogens is 1. The van der Waals surface area contributed by atoms with Gasteiger partial charge >= 0.3 is 0 Å². The van der Waals surface area contributed by atoms with Crippen molar-refractivity contribution in [2.75, 3.05) is 31.5 Å². The van der Waals surface area contributed by atoms with Crippen LogP contribution in [0.3, 0.4) is 0 Å². The van der Waals surface area contributed by atoms with Crippen molar-refractivity contribution in [3.8, 4) is 0 Å². The number of hydrogen-bond donors (Lipinski definition) is 1. The van der Waals surface area contributed by atoms with Gasteiger partial charge < -0.3 is 14.8 Å². The topological polar surface area (TPSA) is 74.7 Å². The Labute approximate surface area is 194 Å². The highest BCUT2D eigenvalue weighted by atomic mass is 16.2. The fourth-order valence-corrected chi connectivity index (χ4v) is 5.90. The first kappa shape index (κ1) is 21.9. The van der Waals surface area contributed by atoms with Crippen molar-refractivity contribution in [1.29, 1.82) is 0 Å². The zero-order chi connectivity index (χ0) is 22.9. The third kappa shape index (κ3) is 4.60. The van der Waals surface area contributed by atoms with Crippen LogP contribution in [0, 0.1) is 5.92 Å². The lowest BCUT2D eigenvalue weighted by molar-refractivity contribution is -0.130. The molecule has 0 spiro atoms. The first-order chi connectivity index (χ1) is 16.0. The molecule has 4 heterocycles. The predicted molar refractivity (Wildman–Crippen MR) is 127 cm³/mol. The number of piperidine rings is 2. The molecule has 0 unspecified atom stereocenters. The predicted octanol–water partition coefficient (Wildman–Crippen LogP) is 2.46. The van der Waals surface area contributed by atoms with Gasteiger partial charge in [-0.15, -0.1) is 0 Å². The van der Waals surface area contributed by atoms with Crippen molar-refractivity contribution in [3.05, 3.63) is 64.1 Å². The third-order valence-electron chi connectivity index (χ3n) is 7.54. The minimum absolute atomic E-state index is 0.0909. The van der Waals surface area contributed by atoms with E-state index in [4.69, 9.17) is 0 Å². The molecule has 174 valence electrons. The van der Waals surface area contributed by atoms with Gasteiger partial charge in [0.1, 0.15) is 5.69 Å². The first-order valence-corrected chi connectivity index (χ1v) is 12.0. The van der Waals surface area contributed by atoms with Crippen molar-refractivity contribution in [2.24, 2.45) is 5.92 Å². The smallest absolute Gasteiger partial charge is 0.274 e. The summed E-state index contributed by atoms with van der Waals surface area (Å²) in [6.45, 7) is 5.99. The van der Waals surface area contributed by atoms with Crippen LogP contribution in [0.4, 0.5) is 5.69 Å². The van der Waals surface area contributed by atoms with Gasteiger partial charge in [-0.3, -0.25) is 19.3 Å². The molecule has 0 saturated carbocycles. The number of nitrogens with zero attached hydrogens (tertiary/aromatic N) is 3. The van der Waals surface area contributed by atoms with Crippen molar-refractivity contribution in [2.45, 2.75) is 51.1 Å². The van der Waals surface area contributed by atoms with E-state index in [1.165, 1.54) is 0 Å². The molecule has 2 bridgehead atoms. The maximum atomic E-state index is 13.2. The van der Waals surface area contributed by atoms with E-state index in [1.807, 2.05) is 45.9 Å². The molecular weight excluding hydrogens is 416 g/mol. The second-order valence-corrected chi connectivity index (χ2v) is 9.79. The van der Waals surface area contributed by atoms with Gasteiger partial charge in [-0.25, -0.2) is 0 Å². The Hall–Kier alpha value is -2.93. The highest BCUT2D eigenvalue weighted by Gasteiger charge is 2.38. The number of amides is 2. The molecule has 1 aromatic carbocycles. The molecule has 7 heteroatoms. The minimum atomic E-state index is -0.169. The number of pyridine rings is 1. The monoisotopic (exact) mass is 448 g/mol. The van der Waals surface area contributed by atoms with E-state index in [1.54, 1.807) is 13.0 Å². The maximum absolute atomic E-state index is 13.2. The summed E-state index contributed by atoms with van der Waals surface area (Å²) in [5, 5.41) is 2.83. The molecule has 2 atom stereocenters. The average Bonchev–Trinajstić information content (AvgIpc) is 2.82. The van der Waals surface area contributed by atoms with E-state index in [9.17, 15) is 14.4 Å². The lowest BCUT2D eigenvalue weighted by atomic mass is 9.82. The number of carbonyl (C=O) groups excluding carboxylic acids is 2. The molecule has 0 aliphatic carbocycles. The summed E-state index contributed by atoms with van der Waals surface area (Å²) in [5.74, 6) is 0.780. The number of nitrogens with one attached hydrogen (secondary N) is 1. The largest absolute Gasteiger partial charge is 0.343 e. The number of rotatable bonds is 4. The lowest BCUT2D eigenvalue weighted by Gasteiger charge is -2.47. The van der Waals surface area contributed by atoms with Crippen molar-refractivity contribution in [3.63, 3.8) is 0 Å². The van der Waals surface area contributed by atoms with Crippen LogP contribution >= 0.6 is 0 Å². The maximum Gasteiger partial charge on any atom is 0.274 e. The second-order valence-electron chi connectivity index (χ2n) is 9.79. The molecule has 2 aromatic rings. The van der Waals surface area contributed by atoms with E-state index >= 15 is 0 Å². The Morgan fingerprint density at radius 3 is 2.48 bits per heavy atom. The minimum Gasteiger partial charge on any atom is -0.343 e. The molecular formula is C26H32N4O3. The fraction of sp³-hybridized carbons (Fsp3) is 0.500. The number of carbonyl (C=O) groups is 2. The van der Waals surface area contributed by atoms with Crippen LogP contribution in [-0.4, -0.2) is 58.4 Å².